The fourth-order valence-electron chi connectivity index (χ4n) is 2.55. The Morgan fingerprint density at radius 3 is 2.70 bits per heavy atom. The van der Waals surface area contributed by atoms with Crippen molar-refractivity contribution in [1.29, 1.82) is 0 Å². The normalized spacial score (nSPS) is 22.0. The predicted molar refractivity (Wildman–Crippen MR) is 74.0 cm³/mol. The maximum Gasteiger partial charge on any atom is 0.410 e. The molecule has 0 bridgehead atoms. The first-order valence-electron chi connectivity index (χ1n) is 6.86. The van der Waals surface area contributed by atoms with Gasteiger partial charge in [0.15, 0.2) is 0 Å². The maximum atomic E-state index is 12.0. The van der Waals surface area contributed by atoms with Crippen LogP contribution in [0.5, 0.6) is 0 Å². The second-order valence-electron chi connectivity index (χ2n) is 5.34. The van der Waals surface area contributed by atoms with Crippen molar-refractivity contribution in [3.05, 3.63) is 35.9 Å². The fourth-order valence-corrected chi connectivity index (χ4v) is 2.55. The summed E-state index contributed by atoms with van der Waals surface area (Å²) in [4.78, 5) is 13.6. The molecule has 0 spiro atoms. The molecule has 0 aromatic heterocycles. The summed E-state index contributed by atoms with van der Waals surface area (Å²) in [7, 11) is 0. The van der Waals surface area contributed by atoms with Crippen molar-refractivity contribution in [1.82, 2.24) is 4.90 Å². The smallest absolute Gasteiger partial charge is 0.410 e. The van der Waals surface area contributed by atoms with Gasteiger partial charge in [-0.2, -0.15) is 0 Å². The van der Waals surface area contributed by atoms with Gasteiger partial charge >= 0.3 is 6.09 Å². The predicted octanol–water partition coefficient (Wildman–Crippen LogP) is 1.39. The molecule has 1 atom stereocenters. The highest BCUT2D eigenvalue weighted by Crippen LogP contribution is 2.33. The molecular weight excluding hydrogens is 258 g/mol. The van der Waals surface area contributed by atoms with Gasteiger partial charge in [-0.05, 0) is 18.4 Å². The monoisotopic (exact) mass is 279 g/mol. The molecule has 1 aromatic carbocycles. The molecule has 1 aliphatic heterocycles. The summed E-state index contributed by atoms with van der Waals surface area (Å²) in [5.41, 5.74) is 0.574. The molecule has 5 nitrogen and oxygen atoms in total. The number of nitrogens with zero attached hydrogens (tertiary/aromatic N) is 1. The molecule has 0 saturated carbocycles. The zero-order valence-corrected chi connectivity index (χ0v) is 11.5. The Bertz CT molecular complexity index is 437. The van der Waals surface area contributed by atoms with Gasteiger partial charge in [-0.1, -0.05) is 30.3 Å². The van der Waals surface area contributed by atoms with E-state index >= 15 is 0 Å². The van der Waals surface area contributed by atoms with Gasteiger partial charge in [0.05, 0.1) is 6.61 Å². The number of benzene rings is 1. The van der Waals surface area contributed by atoms with E-state index in [-0.39, 0.29) is 31.3 Å². The molecule has 1 aliphatic rings. The summed E-state index contributed by atoms with van der Waals surface area (Å²) in [5, 5.41) is 18.5. The number of ether oxygens (including phenoxy) is 1. The Morgan fingerprint density at radius 1 is 1.30 bits per heavy atom. The third kappa shape index (κ3) is 3.49. The molecule has 0 radical (unpaired) electrons. The molecular formula is C15H21NO4. The summed E-state index contributed by atoms with van der Waals surface area (Å²) in [6.07, 6.45) is 0.846. The van der Waals surface area contributed by atoms with Crippen LogP contribution in [0.4, 0.5) is 4.79 Å². The summed E-state index contributed by atoms with van der Waals surface area (Å²) in [5.74, 6) is 0. The van der Waals surface area contributed by atoms with Gasteiger partial charge in [0.1, 0.15) is 6.61 Å². The summed E-state index contributed by atoms with van der Waals surface area (Å²) >= 11 is 0. The highest BCUT2D eigenvalue weighted by molar-refractivity contribution is 5.68. The number of rotatable bonds is 5. The summed E-state index contributed by atoms with van der Waals surface area (Å²) in [6, 6.07) is 9.52. The molecule has 2 N–H and O–H groups in total. The van der Waals surface area contributed by atoms with Crippen LogP contribution in [0.1, 0.15) is 18.4 Å². The molecule has 1 aromatic rings. The van der Waals surface area contributed by atoms with Crippen LogP contribution in [-0.2, 0) is 11.3 Å². The first kappa shape index (κ1) is 14.8. The van der Waals surface area contributed by atoms with E-state index in [4.69, 9.17) is 9.84 Å². The lowest BCUT2D eigenvalue weighted by molar-refractivity contribution is 0.0782. The number of hydrogen-bond acceptors (Lipinski definition) is 4. The molecule has 0 aliphatic carbocycles. The Labute approximate surface area is 118 Å². The standard InChI is InChI=1S/C15H21NO4/c17-9-7-15(12-18)6-8-16(11-15)14(19)20-10-13-4-2-1-3-5-13/h1-5,17-18H,6-12H2. The van der Waals surface area contributed by atoms with Crippen molar-refractivity contribution in [2.75, 3.05) is 26.3 Å². The minimum atomic E-state index is -0.374. The quantitative estimate of drug-likeness (QED) is 0.854. The zero-order valence-electron chi connectivity index (χ0n) is 11.5. The molecule has 1 unspecified atom stereocenters. The fraction of sp³-hybridized carbons (Fsp3) is 0.533. The first-order chi connectivity index (χ1) is 9.69. The van der Waals surface area contributed by atoms with Crippen molar-refractivity contribution >= 4 is 6.09 Å². The molecule has 2 rings (SSSR count). The molecule has 110 valence electrons. The molecule has 1 saturated heterocycles. The lowest BCUT2D eigenvalue weighted by Gasteiger charge is -2.25. The molecule has 20 heavy (non-hydrogen) atoms. The topological polar surface area (TPSA) is 70.0 Å². The van der Waals surface area contributed by atoms with Crippen LogP contribution in [-0.4, -0.2) is 47.5 Å². The Hall–Kier alpha value is -1.59. The van der Waals surface area contributed by atoms with Crippen LogP contribution in [0.3, 0.4) is 0 Å². The molecule has 1 fully saturated rings. The number of carbonyl (C=O) groups excluding carboxylic acids is 1. The van der Waals surface area contributed by atoms with E-state index in [1.54, 1.807) is 4.90 Å². The van der Waals surface area contributed by atoms with Crippen LogP contribution in [0.25, 0.3) is 0 Å². The van der Waals surface area contributed by atoms with E-state index in [1.165, 1.54) is 0 Å². The van der Waals surface area contributed by atoms with Crippen LogP contribution >= 0.6 is 0 Å². The van der Waals surface area contributed by atoms with E-state index in [0.717, 1.165) is 5.56 Å². The van der Waals surface area contributed by atoms with Crippen LogP contribution in [0.15, 0.2) is 30.3 Å². The second kappa shape index (κ2) is 6.72. The van der Waals surface area contributed by atoms with Gasteiger partial charge in [0, 0.05) is 25.1 Å². The van der Waals surface area contributed by atoms with Crippen LogP contribution in [0, 0.1) is 5.41 Å². The number of hydrogen-bond donors (Lipinski definition) is 2. The third-order valence-electron chi connectivity index (χ3n) is 3.88. The highest BCUT2D eigenvalue weighted by atomic mass is 16.6. The minimum Gasteiger partial charge on any atom is -0.445 e. The van der Waals surface area contributed by atoms with Crippen LogP contribution in [0.2, 0.25) is 0 Å². The van der Waals surface area contributed by atoms with E-state index < -0.39 is 0 Å². The third-order valence-corrected chi connectivity index (χ3v) is 3.88. The second-order valence-corrected chi connectivity index (χ2v) is 5.34. The number of aliphatic hydroxyl groups is 2. The van der Waals surface area contributed by atoms with Crippen LogP contribution < -0.4 is 0 Å². The Kier molecular flexibility index (Phi) is 4.98. The van der Waals surface area contributed by atoms with Crippen molar-refractivity contribution in [2.45, 2.75) is 19.4 Å². The molecule has 5 heteroatoms. The highest BCUT2D eigenvalue weighted by Gasteiger charge is 2.39. The van der Waals surface area contributed by atoms with E-state index in [9.17, 15) is 9.90 Å². The lowest BCUT2D eigenvalue weighted by atomic mass is 9.85. The van der Waals surface area contributed by atoms with Gasteiger partial charge in [-0.3, -0.25) is 0 Å². The van der Waals surface area contributed by atoms with E-state index in [2.05, 4.69) is 0 Å². The van der Waals surface area contributed by atoms with Crippen molar-refractivity contribution in [3.63, 3.8) is 0 Å². The molecule has 1 amide bonds. The molecule has 1 heterocycles. The van der Waals surface area contributed by atoms with Gasteiger partial charge in [0.2, 0.25) is 0 Å². The zero-order chi connectivity index (χ0) is 14.4. The van der Waals surface area contributed by atoms with Crippen molar-refractivity contribution in [3.8, 4) is 0 Å². The number of amides is 1. The van der Waals surface area contributed by atoms with Gasteiger partial charge in [0.25, 0.3) is 0 Å². The number of carbonyl (C=O) groups is 1. The minimum absolute atomic E-state index is 0.0178. The van der Waals surface area contributed by atoms with Gasteiger partial charge in [-0.25, -0.2) is 4.79 Å². The maximum absolute atomic E-state index is 12.0. The number of aliphatic hydroxyl groups excluding tert-OH is 2. The summed E-state index contributed by atoms with van der Waals surface area (Å²) < 4.78 is 5.27. The summed E-state index contributed by atoms with van der Waals surface area (Å²) in [6.45, 7) is 1.26. The number of likely N-dealkylation sites (tertiary alicyclic amines) is 1. The largest absolute Gasteiger partial charge is 0.445 e. The first-order valence-corrected chi connectivity index (χ1v) is 6.86. The average molecular weight is 279 g/mol. The van der Waals surface area contributed by atoms with Crippen molar-refractivity contribution in [2.24, 2.45) is 5.41 Å². The van der Waals surface area contributed by atoms with Gasteiger partial charge in [-0.15, -0.1) is 0 Å². The van der Waals surface area contributed by atoms with Gasteiger partial charge < -0.3 is 19.8 Å². The average Bonchev–Trinajstić information content (AvgIpc) is 2.91. The lowest BCUT2D eigenvalue weighted by Crippen LogP contribution is -2.35. The van der Waals surface area contributed by atoms with Crippen molar-refractivity contribution < 1.29 is 19.7 Å². The Balaban J connectivity index is 1.85. The van der Waals surface area contributed by atoms with E-state index in [1.807, 2.05) is 30.3 Å². The Morgan fingerprint density at radius 2 is 2.05 bits per heavy atom. The SMILES string of the molecule is O=C(OCc1ccccc1)N1CCC(CO)(CCO)C1. The van der Waals surface area contributed by atoms with E-state index in [0.29, 0.717) is 25.9 Å².